The molecule has 1 aromatic carbocycles. The highest BCUT2D eigenvalue weighted by Gasteiger charge is 2.83. The van der Waals surface area contributed by atoms with E-state index in [-0.39, 0.29) is 0 Å². The van der Waals surface area contributed by atoms with Gasteiger partial charge >= 0.3 is 0 Å². The van der Waals surface area contributed by atoms with Gasteiger partial charge < -0.3 is 5.32 Å². The molecule has 2 aliphatic rings. The van der Waals surface area contributed by atoms with Crippen molar-refractivity contribution in [3.8, 4) is 6.07 Å². The summed E-state index contributed by atoms with van der Waals surface area (Å²) in [7, 11) is 0. The number of nitriles is 1. The molecule has 0 radical (unpaired) electrons. The van der Waals surface area contributed by atoms with Gasteiger partial charge in [-0.1, -0.05) is 19.1 Å². The van der Waals surface area contributed by atoms with Crippen LogP contribution < -0.4 is 5.32 Å². The predicted octanol–water partition coefficient (Wildman–Crippen LogP) is 3.98. The molecule has 4 unspecified atom stereocenters. The number of para-hydroxylation sites is 2. The Hall–Kier alpha value is -2.91. The Bertz CT molecular complexity index is 1310. The number of hydrogen-bond acceptors (Lipinski definition) is 5. The van der Waals surface area contributed by atoms with E-state index in [9.17, 15) is 5.26 Å². The van der Waals surface area contributed by atoms with Crippen molar-refractivity contribution in [2.75, 3.05) is 11.9 Å². The average molecular weight is 389 g/mol. The van der Waals surface area contributed by atoms with Gasteiger partial charge in [-0.2, -0.15) is 10.2 Å². The molecular formula is C21H17ClN6. The molecule has 7 heteroatoms. The van der Waals surface area contributed by atoms with Crippen molar-refractivity contribution in [1.82, 2.24) is 19.4 Å². The first-order valence-corrected chi connectivity index (χ1v) is 9.94. The lowest BCUT2D eigenvalue weighted by atomic mass is 10.0. The Labute approximate surface area is 166 Å². The summed E-state index contributed by atoms with van der Waals surface area (Å²) in [6, 6.07) is 11.9. The molecule has 0 saturated heterocycles. The van der Waals surface area contributed by atoms with E-state index in [0.717, 1.165) is 41.0 Å². The molecule has 6 rings (SSSR count). The van der Waals surface area contributed by atoms with Crippen LogP contribution in [0.4, 0.5) is 5.95 Å². The van der Waals surface area contributed by atoms with Crippen LogP contribution in [-0.2, 0) is 0 Å². The first-order chi connectivity index (χ1) is 13.6. The van der Waals surface area contributed by atoms with Crippen LogP contribution in [0.3, 0.4) is 0 Å². The molecule has 4 atom stereocenters. The van der Waals surface area contributed by atoms with Crippen molar-refractivity contribution >= 4 is 45.3 Å². The summed E-state index contributed by atoms with van der Waals surface area (Å²) in [5.74, 6) is 2.04. The maximum atomic E-state index is 9.55. The number of aromatic nitrogens is 4. The normalized spacial score (nSPS) is 27.7. The standard InChI is InChI=1S/C21H17ClN6/c1-11-16-17(22)21(11,16)6-7-24-20-25-10-13-8-12(9-23)18-26-14-4-2-3-5-15(14)28(18)19(13)27-20/h2-5,8,10-11,16-17H,6-7H2,1H3,(H,24,25,27). The zero-order valence-electron chi connectivity index (χ0n) is 15.2. The van der Waals surface area contributed by atoms with Crippen LogP contribution in [0.5, 0.6) is 0 Å². The molecule has 1 N–H and O–H groups in total. The second kappa shape index (κ2) is 5.33. The third-order valence-corrected chi connectivity index (χ3v) is 7.37. The number of nitrogens with zero attached hydrogens (tertiary/aromatic N) is 5. The predicted molar refractivity (Wildman–Crippen MR) is 108 cm³/mol. The molecule has 6 nitrogen and oxygen atoms in total. The Morgan fingerprint density at radius 1 is 1.29 bits per heavy atom. The third kappa shape index (κ3) is 1.95. The lowest BCUT2D eigenvalue weighted by Gasteiger charge is -2.12. The van der Waals surface area contributed by atoms with Crippen LogP contribution in [0.1, 0.15) is 18.9 Å². The molecule has 4 aromatic rings. The lowest BCUT2D eigenvalue weighted by Crippen LogP contribution is -2.13. The molecule has 0 spiro atoms. The third-order valence-electron chi connectivity index (χ3n) is 6.69. The molecule has 138 valence electrons. The largest absolute Gasteiger partial charge is 0.354 e. The van der Waals surface area contributed by atoms with Gasteiger partial charge in [0.2, 0.25) is 5.95 Å². The first-order valence-electron chi connectivity index (χ1n) is 9.50. The van der Waals surface area contributed by atoms with E-state index in [1.54, 1.807) is 12.3 Å². The Balaban J connectivity index is 1.41. The molecule has 2 aliphatic carbocycles. The van der Waals surface area contributed by atoms with E-state index in [4.69, 9.17) is 16.6 Å². The zero-order valence-corrected chi connectivity index (χ0v) is 16.0. The number of nitrogens with one attached hydrogen (secondary N) is 1. The molecule has 3 heterocycles. The number of hydrogen-bond donors (Lipinski definition) is 1. The molecule has 2 saturated carbocycles. The van der Waals surface area contributed by atoms with Crippen LogP contribution in [0.15, 0.2) is 36.5 Å². The van der Waals surface area contributed by atoms with E-state index in [0.29, 0.717) is 33.9 Å². The quantitative estimate of drug-likeness (QED) is 0.535. The summed E-state index contributed by atoms with van der Waals surface area (Å²) in [4.78, 5) is 13.8. The molecule has 0 aliphatic heterocycles. The summed E-state index contributed by atoms with van der Waals surface area (Å²) >= 11 is 6.34. The van der Waals surface area contributed by atoms with Gasteiger partial charge in [-0.15, -0.1) is 11.6 Å². The lowest BCUT2D eigenvalue weighted by molar-refractivity contribution is 0.503. The molecule has 3 aromatic heterocycles. The van der Waals surface area contributed by atoms with Gasteiger partial charge in [-0.05, 0) is 41.9 Å². The molecule has 0 bridgehead atoms. The van der Waals surface area contributed by atoms with Gasteiger partial charge in [0.15, 0.2) is 11.3 Å². The van der Waals surface area contributed by atoms with Crippen LogP contribution in [0, 0.1) is 28.6 Å². The minimum atomic E-state index is 0.348. The van der Waals surface area contributed by atoms with Crippen molar-refractivity contribution in [2.45, 2.75) is 18.7 Å². The van der Waals surface area contributed by atoms with Gasteiger partial charge in [0, 0.05) is 23.5 Å². The fourth-order valence-corrected chi connectivity index (χ4v) is 5.75. The molecule has 28 heavy (non-hydrogen) atoms. The Morgan fingerprint density at radius 2 is 2.14 bits per heavy atom. The Morgan fingerprint density at radius 3 is 2.89 bits per heavy atom. The summed E-state index contributed by atoms with van der Waals surface area (Å²) in [6.45, 7) is 3.09. The minimum Gasteiger partial charge on any atom is -0.354 e. The van der Waals surface area contributed by atoms with Crippen molar-refractivity contribution in [2.24, 2.45) is 17.3 Å². The topological polar surface area (TPSA) is 78.9 Å². The number of alkyl halides is 1. The van der Waals surface area contributed by atoms with Crippen molar-refractivity contribution in [1.29, 1.82) is 5.26 Å². The minimum absolute atomic E-state index is 0.348. The number of anilines is 1. The van der Waals surface area contributed by atoms with Gasteiger partial charge in [-0.25, -0.2) is 9.97 Å². The van der Waals surface area contributed by atoms with Crippen molar-refractivity contribution < 1.29 is 0 Å². The zero-order chi connectivity index (χ0) is 19.0. The van der Waals surface area contributed by atoms with Crippen molar-refractivity contribution in [3.05, 3.63) is 42.1 Å². The van der Waals surface area contributed by atoms with Crippen LogP contribution in [-0.4, -0.2) is 31.3 Å². The van der Waals surface area contributed by atoms with E-state index >= 15 is 0 Å². The fourth-order valence-electron chi connectivity index (χ4n) is 4.91. The Kier molecular flexibility index (Phi) is 3.06. The average Bonchev–Trinajstić information content (AvgIpc) is 3.45. The number of halogens is 1. The number of imidazole rings is 1. The molecule has 2 fully saturated rings. The van der Waals surface area contributed by atoms with E-state index in [1.165, 1.54) is 0 Å². The number of rotatable bonds is 4. The highest BCUT2D eigenvalue weighted by atomic mass is 35.5. The van der Waals surface area contributed by atoms with E-state index in [2.05, 4.69) is 28.3 Å². The second-order valence-corrected chi connectivity index (χ2v) is 8.38. The van der Waals surface area contributed by atoms with Crippen LogP contribution in [0.2, 0.25) is 0 Å². The van der Waals surface area contributed by atoms with Gasteiger partial charge in [0.1, 0.15) is 6.07 Å². The summed E-state index contributed by atoms with van der Waals surface area (Å²) in [5, 5.41) is 14.1. The van der Waals surface area contributed by atoms with Crippen LogP contribution in [0.25, 0.3) is 27.7 Å². The van der Waals surface area contributed by atoms with E-state index in [1.807, 2.05) is 28.7 Å². The smallest absolute Gasteiger partial charge is 0.224 e. The van der Waals surface area contributed by atoms with E-state index < -0.39 is 0 Å². The maximum Gasteiger partial charge on any atom is 0.224 e. The monoisotopic (exact) mass is 388 g/mol. The second-order valence-electron chi connectivity index (χ2n) is 7.91. The molecular weight excluding hydrogens is 372 g/mol. The van der Waals surface area contributed by atoms with Crippen LogP contribution >= 0.6 is 11.6 Å². The van der Waals surface area contributed by atoms with Gasteiger partial charge in [0.05, 0.1) is 16.6 Å². The van der Waals surface area contributed by atoms with Gasteiger partial charge in [0.25, 0.3) is 0 Å². The summed E-state index contributed by atoms with van der Waals surface area (Å²) in [5.41, 5.74) is 4.01. The summed E-state index contributed by atoms with van der Waals surface area (Å²) in [6.07, 6.45) is 2.81. The summed E-state index contributed by atoms with van der Waals surface area (Å²) < 4.78 is 1.95. The number of pyridine rings is 1. The maximum absolute atomic E-state index is 9.55. The fraction of sp³-hybridized carbons (Fsp3) is 0.333. The molecule has 0 amide bonds. The van der Waals surface area contributed by atoms with Crippen molar-refractivity contribution in [3.63, 3.8) is 0 Å². The SMILES string of the molecule is CC1C2C(Cl)C12CCNc1ncc2cc(C#N)c3nc4ccccc4n3c2n1. The highest BCUT2D eigenvalue weighted by Crippen LogP contribution is 2.83. The van der Waals surface area contributed by atoms with Gasteiger partial charge in [-0.3, -0.25) is 4.40 Å². The highest BCUT2D eigenvalue weighted by molar-refractivity contribution is 6.25. The number of benzene rings is 1. The first kappa shape index (κ1) is 16.1. The number of fused-ring (bicyclic) bond motifs is 6.